The number of amides is 1. The summed E-state index contributed by atoms with van der Waals surface area (Å²) >= 11 is 0. The van der Waals surface area contributed by atoms with Gasteiger partial charge in [0, 0.05) is 13.1 Å². The van der Waals surface area contributed by atoms with E-state index in [2.05, 4.69) is 5.32 Å². The van der Waals surface area contributed by atoms with Gasteiger partial charge in [0.25, 0.3) is 0 Å². The van der Waals surface area contributed by atoms with E-state index in [9.17, 15) is 9.90 Å². The van der Waals surface area contributed by atoms with E-state index in [0.717, 1.165) is 19.5 Å². The van der Waals surface area contributed by atoms with Crippen LogP contribution in [0.5, 0.6) is 0 Å². The van der Waals surface area contributed by atoms with Gasteiger partial charge >= 0.3 is 0 Å². The molecule has 0 saturated carbocycles. The van der Waals surface area contributed by atoms with Crippen LogP contribution in [0, 0.1) is 0 Å². The number of likely N-dealkylation sites (N-methyl/N-ethyl adjacent to an activating group) is 1. The Balaban J connectivity index is 2.47. The van der Waals surface area contributed by atoms with Crippen LogP contribution >= 0.6 is 0 Å². The highest BCUT2D eigenvalue weighted by Crippen LogP contribution is 2.14. The quantitative estimate of drug-likeness (QED) is 0.670. The smallest absolute Gasteiger partial charge is 0.239 e. The summed E-state index contributed by atoms with van der Waals surface area (Å²) in [6, 6.07) is -0.0395. The Bertz CT molecular complexity index is 211. The van der Waals surface area contributed by atoms with Crippen molar-refractivity contribution in [1.29, 1.82) is 0 Å². The van der Waals surface area contributed by atoms with Gasteiger partial charge in [-0.05, 0) is 26.8 Å². The molecule has 0 aliphatic carbocycles. The van der Waals surface area contributed by atoms with Crippen molar-refractivity contribution in [2.24, 2.45) is 0 Å². The molecular weight excluding hydrogens is 180 g/mol. The highest BCUT2D eigenvalue weighted by molar-refractivity contribution is 5.84. The third kappa shape index (κ3) is 2.96. The number of likely N-dealkylation sites (tertiary alicyclic amines) is 1. The predicted molar refractivity (Wildman–Crippen MR) is 55.0 cm³/mol. The summed E-state index contributed by atoms with van der Waals surface area (Å²) in [7, 11) is 0. The van der Waals surface area contributed by atoms with Gasteiger partial charge < -0.3 is 15.3 Å². The fourth-order valence-corrected chi connectivity index (χ4v) is 1.80. The van der Waals surface area contributed by atoms with Gasteiger partial charge in [-0.3, -0.25) is 4.79 Å². The van der Waals surface area contributed by atoms with Gasteiger partial charge in [-0.15, -0.1) is 0 Å². The largest absolute Gasteiger partial charge is 0.389 e. The average molecular weight is 200 g/mol. The molecule has 82 valence electrons. The number of carbonyl (C=O) groups is 1. The molecular formula is C10H20N2O2. The number of nitrogens with zero attached hydrogens (tertiary/aromatic N) is 1. The monoisotopic (exact) mass is 200 g/mol. The first-order chi connectivity index (χ1) is 6.44. The molecule has 1 rings (SSSR count). The van der Waals surface area contributed by atoms with E-state index in [1.54, 1.807) is 18.7 Å². The molecule has 0 radical (unpaired) electrons. The molecule has 0 aromatic rings. The number of hydrogen-bond donors (Lipinski definition) is 2. The van der Waals surface area contributed by atoms with Gasteiger partial charge in [-0.1, -0.05) is 6.92 Å². The lowest BCUT2D eigenvalue weighted by Crippen LogP contribution is -2.43. The zero-order valence-electron chi connectivity index (χ0n) is 9.21. The van der Waals surface area contributed by atoms with Crippen LogP contribution in [0.15, 0.2) is 0 Å². The van der Waals surface area contributed by atoms with Crippen LogP contribution in [-0.4, -0.2) is 47.2 Å². The molecule has 1 aliphatic heterocycles. The zero-order chi connectivity index (χ0) is 10.8. The Morgan fingerprint density at radius 2 is 2.29 bits per heavy atom. The third-order valence-electron chi connectivity index (χ3n) is 2.33. The molecule has 1 heterocycles. The summed E-state index contributed by atoms with van der Waals surface area (Å²) in [6.45, 7) is 7.43. The second kappa shape index (κ2) is 4.28. The van der Waals surface area contributed by atoms with Gasteiger partial charge in [0.15, 0.2) is 0 Å². The minimum Gasteiger partial charge on any atom is -0.389 e. The van der Waals surface area contributed by atoms with Crippen molar-refractivity contribution in [2.75, 3.05) is 19.6 Å². The molecule has 4 nitrogen and oxygen atoms in total. The Hall–Kier alpha value is -0.610. The summed E-state index contributed by atoms with van der Waals surface area (Å²) in [4.78, 5) is 13.5. The highest BCUT2D eigenvalue weighted by atomic mass is 16.3. The van der Waals surface area contributed by atoms with Crippen molar-refractivity contribution in [3.63, 3.8) is 0 Å². The van der Waals surface area contributed by atoms with Gasteiger partial charge in [0.05, 0.1) is 11.6 Å². The second-order valence-corrected chi connectivity index (χ2v) is 4.47. The molecule has 0 aromatic carbocycles. The molecule has 0 bridgehead atoms. The number of rotatable bonds is 4. The maximum Gasteiger partial charge on any atom is 0.239 e. The summed E-state index contributed by atoms with van der Waals surface area (Å²) in [5.41, 5.74) is -0.795. The van der Waals surface area contributed by atoms with Crippen LogP contribution in [0.3, 0.4) is 0 Å². The van der Waals surface area contributed by atoms with E-state index in [0.29, 0.717) is 6.54 Å². The van der Waals surface area contributed by atoms with E-state index < -0.39 is 5.60 Å². The molecule has 0 aromatic heterocycles. The summed E-state index contributed by atoms with van der Waals surface area (Å²) in [5.74, 6) is 0.119. The molecule has 1 saturated heterocycles. The normalized spacial score (nSPS) is 23.3. The SMILES string of the molecule is CCNC1CCN(CC(C)(C)O)C1=O. The number of hydrogen-bond acceptors (Lipinski definition) is 3. The Morgan fingerprint density at radius 1 is 1.64 bits per heavy atom. The predicted octanol–water partition coefficient (Wildman–Crippen LogP) is -0.0323. The van der Waals surface area contributed by atoms with Crippen molar-refractivity contribution < 1.29 is 9.90 Å². The Morgan fingerprint density at radius 3 is 2.79 bits per heavy atom. The lowest BCUT2D eigenvalue weighted by molar-refractivity contribution is -0.131. The zero-order valence-corrected chi connectivity index (χ0v) is 9.21. The number of β-amino-alcohol motifs (C(OH)–C–C–N with tert-alkyl or cyclic N) is 1. The molecule has 1 atom stereocenters. The molecule has 1 unspecified atom stereocenters. The molecule has 14 heavy (non-hydrogen) atoms. The number of carbonyl (C=O) groups excluding carboxylic acids is 1. The van der Waals surface area contributed by atoms with Gasteiger partial charge in [-0.2, -0.15) is 0 Å². The summed E-state index contributed by atoms with van der Waals surface area (Å²) < 4.78 is 0. The first-order valence-corrected chi connectivity index (χ1v) is 5.18. The van der Waals surface area contributed by atoms with Gasteiger partial charge in [0.2, 0.25) is 5.91 Å². The fraction of sp³-hybridized carbons (Fsp3) is 0.900. The standard InChI is InChI=1S/C10H20N2O2/c1-4-11-8-5-6-12(9(8)13)7-10(2,3)14/h8,11,14H,4-7H2,1-3H3. The molecule has 1 aliphatic rings. The Labute approximate surface area is 85.3 Å². The van der Waals surface area contributed by atoms with Crippen molar-refractivity contribution in [1.82, 2.24) is 10.2 Å². The molecule has 4 heteroatoms. The fourth-order valence-electron chi connectivity index (χ4n) is 1.80. The van der Waals surface area contributed by atoms with Crippen LogP contribution in [0.25, 0.3) is 0 Å². The highest BCUT2D eigenvalue weighted by Gasteiger charge is 2.33. The summed E-state index contributed by atoms with van der Waals surface area (Å²) in [5, 5.41) is 12.7. The average Bonchev–Trinajstić information content (AvgIpc) is 2.34. The van der Waals surface area contributed by atoms with Crippen LogP contribution in [0.4, 0.5) is 0 Å². The molecule has 1 fully saturated rings. The maximum atomic E-state index is 11.7. The van der Waals surface area contributed by atoms with Crippen LogP contribution < -0.4 is 5.32 Å². The minimum atomic E-state index is -0.795. The topological polar surface area (TPSA) is 52.6 Å². The van der Waals surface area contributed by atoms with Crippen LogP contribution in [0.2, 0.25) is 0 Å². The lowest BCUT2D eigenvalue weighted by atomic mass is 10.1. The van der Waals surface area contributed by atoms with Crippen molar-refractivity contribution in [2.45, 2.75) is 38.8 Å². The molecule has 0 spiro atoms. The second-order valence-electron chi connectivity index (χ2n) is 4.47. The third-order valence-corrected chi connectivity index (χ3v) is 2.33. The van der Waals surface area contributed by atoms with Crippen molar-refractivity contribution in [3.05, 3.63) is 0 Å². The number of nitrogens with one attached hydrogen (secondary N) is 1. The first kappa shape index (κ1) is 11.5. The van der Waals surface area contributed by atoms with Gasteiger partial charge in [0.1, 0.15) is 0 Å². The van der Waals surface area contributed by atoms with Crippen LogP contribution in [-0.2, 0) is 4.79 Å². The van der Waals surface area contributed by atoms with Crippen molar-refractivity contribution in [3.8, 4) is 0 Å². The van der Waals surface area contributed by atoms with E-state index in [4.69, 9.17) is 0 Å². The summed E-state index contributed by atoms with van der Waals surface area (Å²) in [6.07, 6.45) is 0.850. The maximum absolute atomic E-state index is 11.7. The molecule has 2 N–H and O–H groups in total. The number of aliphatic hydroxyl groups is 1. The van der Waals surface area contributed by atoms with E-state index in [1.165, 1.54) is 0 Å². The van der Waals surface area contributed by atoms with Crippen LogP contribution in [0.1, 0.15) is 27.2 Å². The first-order valence-electron chi connectivity index (χ1n) is 5.18. The Kier molecular flexibility index (Phi) is 3.50. The lowest BCUT2D eigenvalue weighted by Gasteiger charge is -2.25. The van der Waals surface area contributed by atoms with E-state index >= 15 is 0 Å². The van der Waals surface area contributed by atoms with Crippen molar-refractivity contribution >= 4 is 5.91 Å². The van der Waals surface area contributed by atoms with E-state index in [1.807, 2.05) is 6.92 Å². The van der Waals surface area contributed by atoms with E-state index in [-0.39, 0.29) is 11.9 Å². The van der Waals surface area contributed by atoms with Gasteiger partial charge in [-0.25, -0.2) is 0 Å². The minimum absolute atomic E-state index is 0.0395. The molecule has 1 amide bonds.